The number of para-hydroxylation sites is 1. The normalized spacial score (nSPS) is 14.8. The van der Waals surface area contributed by atoms with Crippen LogP contribution in [0.5, 0.6) is 5.75 Å². The topological polar surface area (TPSA) is 96.1 Å². The van der Waals surface area contributed by atoms with Gasteiger partial charge in [-0.1, -0.05) is 13.0 Å². The highest BCUT2D eigenvalue weighted by Crippen LogP contribution is 2.26. The first-order valence-corrected chi connectivity index (χ1v) is 7.33. The molecule has 120 valence electrons. The molecule has 7 nitrogen and oxygen atoms in total. The average molecular weight is 307 g/mol. The zero-order valence-electron chi connectivity index (χ0n) is 12.6. The van der Waals surface area contributed by atoms with E-state index in [9.17, 15) is 14.7 Å². The number of anilines is 1. The smallest absolute Gasteiger partial charge is 0.409 e. The summed E-state index contributed by atoms with van der Waals surface area (Å²) in [6.45, 7) is 3.95. The predicted molar refractivity (Wildman–Crippen MR) is 81.6 cm³/mol. The van der Waals surface area contributed by atoms with Crippen molar-refractivity contribution in [2.24, 2.45) is 0 Å². The maximum atomic E-state index is 12.4. The number of carbonyl (C=O) groups excluding carboxylic acids is 2. The van der Waals surface area contributed by atoms with Gasteiger partial charge >= 0.3 is 6.09 Å². The summed E-state index contributed by atoms with van der Waals surface area (Å²) in [5, 5.41) is 9.88. The molecule has 0 radical (unpaired) electrons. The van der Waals surface area contributed by atoms with E-state index in [1.165, 1.54) is 12.1 Å². The molecule has 1 heterocycles. The fourth-order valence-electron chi connectivity index (χ4n) is 2.28. The second-order valence-electron chi connectivity index (χ2n) is 5.14. The zero-order valence-corrected chi connectivity index (χ0v) is 12.6. The second-order valence-corrected chi connectivity index (χ2v) is 5.14. The maximum Gasteiger partial charge on any atom is 0.409 e. The summed E-state index contributed by atoms with van der Waals surface area (Å²) < 4.78 is 5.07. The third-order valence-corrected chi connectivity index (χ3v) is 3.55. The average Bonchev–Trinajstić information content (AvgIpc) is 2.54. The molecule has 2 rings (SSSR count). The van der Waals surface area contributed by atoms with Crippen molar-refractivity contribution in [1.29, 1.82) is 0 Å². The van der Waals surface area contributed by atoms with Crippen LogP contribution in [0.1, 0.15) is 23.7 Å². The van der Waals surface area contributed by atoms with E-state index < -0.39 is 0 Å². The molecule has 2 amide bonds. The minimum absolute atomic E-state index is 0.174. The molecular weight excluding hydrogens is 286 g/mol. The molecule has 0 aliphatic carbocycles. The summed E-state index contributed by atoms with van der Waals surface area (Å²) in [6.07, 6.45) is 0.430. The molecule has 0 unspecified atom stereocenters. The van der Waals surface area contributed by atoms with Gasteiger partial charge in [-0.15, -0.1) is 0 Å². The van der Waals surface area contributed by atoms with Crippen molar-refractivity contribution < 1.29 is 19.4 Å². The lowest BCUT2D eigenvalue weighted by Gasteiger charge is -2.34. The Kier molecular flexibility index (Phi) is 5.08. The van der Waals surface area contributed by atoms with Crippen LogP contribution >= 0.6 is 0 Å². The molecule has 0 atom stereocenters. The van der Waals surface area contributed by atoms with E-state index in [-0.39, 0.29) is 29.0 Å². The third-order valence-electron chi connectivity index (χ3n) is 3.55. The van der Waals surface area contributed by atoms with Gasteiger partial charge in [0.1, 0.15) is 0 Å². The van der Waals surface area contributed by atoms with Gasteiger partial charge in [-0.25, -0.2) is 4.79 Å². The van der Waals surface area contributed by atoms with Gasteiger partial charge in [0, 0.05) is 26.2 Å². The lowest BCUT2D eigenvalue weighted by atomic mass is 10.1. The summed E-state index contributed by atoms with van der Waals surface area (Å²) >= 11 is 0. The number of nitrogen functional groups attached to an aromatic ring is 1. The largest absolute Gasteiger partial charge is 0.505 e. The summed E-state index contributed by atoms with van der Waals surface area (Å²) in [7, 11) is 0. The van der Waals surface area contributed by atoms with E-state index in [0.717, 1.165) is 6.42 Å². The van der Waals surface area contributed by atoms with Crippen molar-refractivity contribution in [3.05, 3.63) is 23.8 Å². The fraction of sp³-hybridized carbons (Fsp3) is 0.467. The molecule has 1 aromatic rings. The van der Waals surface area contributed by atoms with Gasteiger partial charge in [0.15, 0.2) is 5.75 Å². The highest BCUT2D eigenvalue weighted by molar-refractivity contribution is 5.98. The Labute approximate surface area is 129 Å². The first-order valence-electron chi connectivity index (χ1n) is 7.33. The Balaban J connectivity index is 1.95. The first-order chi connectivity index (χ1) is 10.5. The van der Waals surface area contributed by atoms with E-state index in [4.69, 9.17) is 10.5 Å². The number of ether oxygens (including phenoxy) is 1. The van der Waals surface area contributed by atoms with Gasteiger partial charge in [0.25, 0.3) is 5.91 Å². The molecule has 0 spiro atoms. The van der Waals surface area contributed by atoms with Crippen LogP contribution in [0.3, 0.4) is 0 Å². The molecule has 0 bridgehead atoms. The van der Waals surface area contributed by atoms with Crippen molar-refractivity contribution in [2.45, 2.75) is 13.3 Å². The number of amides is 2. The molecule has 1 aromatic carbocycles. The number of benzene rings is 1. The zero-order chi connectivity index (χ0) is 16.1. The van der Waals surface area contributed by atoms with Crippen molar-refractivity contribution in [3.8, 4) is 5.75 Å². The van der Waals surface area contributed by atoms with E-state index in [2.05, 4.69) is 0 Å². The van der Waals surface area contributed by atoms with E-state index in [1.54, 1.807) is 15.9 Å². The summed E-state index contributed by atoms with van der Waals surface area (Å²) in [5.74, 6) is -0.483. The quantitative estimate of drug-likeness (QED) is 0.648. The van der Waals surface area contributed by atoms with Crippen LogP contribution < -0.4 is 5.73 Å². The number of aromatic hydroxyl groups is 1. The van der Waals surface area contributed by atoms with Crippen LogP contribution in [-0.2, 0) is 4.74 Å². The van der Waals surface area contributed by atoms with Crippen molar-refractivity contribution in [2.75, 3.05) is 38.5 Å². The lowest BCUT2D eigenvalue weighted by Crippen LogP contribution is -2.50. The fourth-order valence-corrected chi connectivity index (χ4v) is 2.28. The number of carbonyl (C=O) groups is 2. The number of phenolic OH excluding ortho intramolecular Hbond substituents is 1. The predicted octanol–water partition coefficient (Wildman–Crippen LogP) is 1.28. The van der Waals surface area contributed by atoms with Gasteiger partial charge in [-0.3, -0.25) is 4.79 Å². The molecule has 0 aromatic heterocycles. The maximum absolute atomic E-state index is 12.4. The standard InChI is InChI=1S/C15H21N3O4/c1-2-10-22-15(21)18-8-6-17(7-9-18)14(20)11-4-3-5-12(16)13(11)19/h3-5,19H,2,6-10,16H2,1H3. The third kappa shape index (κ3) is 3.41. The highest BCUT2D eigenvalue weighted by atomic mass is 16.6. The molecule has 3 N–H and O–H groups in total. The van der Waals surface area contributed by atoms with E-state index in [0.29, 0.717) is 32.8 Å². The molecule has 22 heavy (non-hydrogen) atoms. The molecular formula is C15H21N3O4. The number of nitrogens with zero attached hydrogens (tertiary/aromatic N) is 2. The monoisotopic (exact) mass is 307 g/mol. The Bertz CT molecular complexity index is 554. The van der Waals surface area contributed by atoms with Gasteiger partial charge < -0.3 is 25.4 Å². The number of nitrogens with two attached hydrogens (primary N) is 1. The number of piperazine rings is 1. The SMILES string of the molecule is CCCOC(=O)N1CCN(C(=O)c2cccc(N)c2O)CC1. The van der Waals surface area contributed by atoms with Crippen molar-refractivity contribution >= 4 is 17.7 Å². The minimum Gasteiger partial charge on any atom is -0.505 e. The highest BCUT2D eigenvalue weighted by Gasteiger charge is 2.27. The number of phenols is 1. The summed E-state index contributed by atoms with van der Waals surface area (Å²) in [5.41, 5.74) is 5.96. The van der Waals surface area contributed by atoms with Gasteiger partial charge in [-0.2, -0.15) is 0 Å². The van der Waals surface area contributed by atoms with Crippen LogP contribution in [0, 0.1) is 0 Å². The second kappa shape index (κ2) is 7.02. The van der Waals surface area contributed by atoms with Crippen LogP contribution in [-0.4, -0.2) is 59.7 Å². The first kappa shape index (κ1) is 15.9. The summed E-state index contributed by atoms with van der Waals surface area (Å²) in [6, 6.07) is 4.70. The van der Waals surface area contributed by atoms with Crippen LogP contribution in [0.25, 0.3) is 0 Å². The molecule has 1 aliphatic heterocycles. The Morgan fingerprint density at radius 2 is 1.86 bits per heavy atom. The van der Waals surface area contributed by atoms with Crippen LogP contribution in [0.4, 0.5) is 10.5 Å². The number of rotatable bonds is 3. The number of hydrogen-bond acceptors (Lipinski definition) is 5. The molecule has 1 fully saturated rings. The molecule has 0 saturated carbocycles. The molecule has 1 aliphatic rings. The van der Waals surface area contributed by atoms with E-state index >= 15 is 0 Å². The Morgan fingerprint density at radius 3 is 2.50 bits per heavy atom. The van der Waals surface area contributed by atoms with Crippen LogP contribution in [0.15, 0.2) is 18.2 Å². The van der Waals surface area contributed by atoms with Crippen LogP contribution in [0.2, 0.25) is 0 Å². The Morgan fingerprint density at radius 1 is 1.23 bits per heavy atom. The summed E-state index contributed by atoms with van der Waals surface area (Å²) in [4.78, 5) is 27.3. The van der Waals surface area contributed by atoms with Gasteiger partial charge in [0.2, 0.25) is 0 Å². The Hall–Kier alpha value is -2.44. The van der Waals surface area contributed by atoms with Crippen molar-refractivity contribution in [1.82, 2.24) is 9.80 Å². The minimum atomic E-state index is -0.347. The molecule has 7 heteroatoms. The van der Waals surface area contributed by atoms with E-state index in [1.807, 2.05) is 6.92 Å². The lowest BCUT2D eigenvalue weighted by molar-refractivity contribution is 0.0558. The van der Waals surface area contributed by atoms with Crippen molar-refractivity contribution in [3.63, 3.8) is 0 Å². The number of hydrogen-bond donors (Lipinski definition) is 2. The van der Waals surface area contributed by atoms with Gasteiger partial charge in [0.05, 0.1) is 17.9 Å². The molecule has 1 saturated heterocycles. The van der Waals surface area contributed by atoms with Gasteiger partial charge in [-0.05, 0) is 18.6 Å².